The summed E-state index contributed by atoms with van der Waals surface area (Å²) in [6.45, 7) is 5.71. The summed E-state index contributed by atoms with van der Waals surface area (Å²) >= 11 is 0. The van der Waals surface area contributed by atoms with Gasteiger partial charge in [0.1, 0.15) is 11.9 Å². The molecule has 0 aromatic carbocycles. The van der Waals surface area contributed by atoms with Gasteiger partial charge < -0.3 is 15.5 Å². The van der Waals surface area contributed by atoms with Crippen LogP contribution in [0.2, 0.25) is 0 Å². The minimum Gasteiger partial charge on any atom is -0.354 e. The van der Waals surface area contributed by atoms with E-state index < -0.39 is 6.04 Å². The van der Waals surface area contributed by atoms with Crippen molar-refractivity contribution in [2.45, 2.75) is 32.4 Å². The van der Waals surface area contributed by atoms with Crippen LogP contribution in [0.5, 0.6) is 0 Å². The summed E-state index contributed by atoms with van der Waals surface area (Å²) in [5.74, 6) is 0.577. The van der Waals surface area contributed by atoms with E-state index >= 15 is 0 Å². The number of nitrogens with zero attached hydrogens (tertiary/aromatic N) is 3. The number of pyridine rings is 2. The van der Waals surface area contributed by atoms with Gasteiger partial charge in [-0.25, -0.2) is 4.98 Å². The highest BCUT2D eigenvalue weighted by Gasteiger charge is 2.32. The monoisotopic (exact) mass is 339 g/mol. The van der Waals surface area contributed by atoms with Crippen molar-refractivity contribution in [3.63, 3.8) is 0 Å². The fourth-order valence-corrected chi connectivity index (χ4v) is 3.33. The van der Waals surface area contributed by atoms with Gasteiger partial charge in [-0.2, -0.15) is 0 Å². The number of fused-ring (bicyclic) bond motifs is 1. The van der Waals surface area contributed by atoms with Crippen LogP contribution in [0, 0.1) is 5.92 Å². The minimum atomic E-state index is -0.489. The van der Waals surface area contributed by atoms with Gasteiger partial charge in [0, 0.05) is 48.9 Å². The van der Waals surface area contributed by atoms with Crippen LogP contribution in [-0.2, 0) is 4.79 Å². The Kier molecular flexibility index (Phi) is 3.78. The number of carbonyl (C=O) groups excluding carboxylic acids is 2. The molecule has 2 aromatic rings. The van der Waals surface area contributed by atoms with E-state index in [0.29, 0.717) is 18.2 Å². The molecule has 7 heteroatoms. The van der Waals surface area contributed by atoms with Crippen LogP contribution in [0.3, 0.4) is 0 Å². The number of rotatable bonds is 3. The minimum absolute atomic E-state index is 0.0765. The molecule has 4 heterocycles. The topological polar surface area (TPSA) is 87.2 Å². The number of aromatic nitrogens is 2. The molecule has 0 aliphatic carbocycles. The smallest absolute Gasteiger partial charge is 0.253 e. The Balaban J connectivity index is 1.55. The second kappa shape index (κ2) is 5.98. The molecule has 0 bridgehead atoms. The maximum Gasteiger partial charge on any atom is 0.253 e. The predicted octanol–water partition coefficient (Wildman–Crippen LogP) is 1.09. The first kappa shape index (κ1) is 15.8. The van der Waals surface area contributed by atoms with Gasteiger partial charge in [0.25, 0.3) is 5.91 Å². The molecule has 130 valence electrons. The lowest BCUT2D eigenvalue weighted by Gasteiger charge is -2.39. The average Bonchev–Trinajstić information content (AvgIpc) is 2.91. The summed E-state index contributed by atoms with van der Waals surface area (Å²) in [6, 6.07) is 3.75. The highest BCUT2D eigenvalue weighted by atomic mass is 16.2. The van der Waals surface area contributed by atoms with Gasteiger partial charge in [0.15, 0.2) is 0 Å². The maximum absolute atomic E-state index is 12.4. The molecule has 0 unspecified atom stereocenters. The highest BCUT2D eigenvalue weighted by Crippen LogP contribution is 2.26. The third-order valence-corrected chi connectivity index (χ3v) is 5.16. The van der Waals surface area contributed by atoms with E-state index in [1.165, 1.54) is 6.42 Å². The van der Waals surface area contributed by atoms with Crippen LogP contribution in [0.25, 0.3) is 10.9 Å². The molecule has 2 amide bonds. The Labute approximate surface area is 145 Å². The van der Waals surface area contributed by atoms with Gasteiger partial charge in [-0.05, 0) is 19.4 Å². The van der Waals surface area contributed by atoms with Crippen LogP contribution in [0.15, 0.2) is 24.5 Å². The summed E-state index contributed by atoms with van der Waals surface area (Å²) in [5, 5.41) is 6.36. The lowest BCUT2D eigenvalue weighted by Crippen LogP contribution is -2.46. The first-order chi connectivity index (χ1) is 12.0. The maximum atomic E-state index is 12.4. The molecule has 2 N–H and O–H groups in total. The molecule has 2 saturated heterocycles. The Bertz CT molecular complexity index is 852. The number of hydrogen-bond donors (Lipinski definition) is 2. The van der Waals surface area contributed by atoms with E-state index in [1.54, 1.807) is 18.5 Å². The zero-order valence-corrected chi connectivity index (χ0v) is 14.3. The summed E-state index contributed by atoms with van der Waals surface area (Å²) in [7, 11) is 0. The molecule has 25 heavy (non-hydrogen) atoms. The molecule has 2 aromatic heterocycles. The Morgan fingerprint density at radius 1 is 1.28 bits per heavy atom. The molecule has 3 atom stereocenters. The second-order valence-electron chi connectivity index (χ2n) is 6.96. The summed E-state index contributed by atoms with van der Waals surface area (Å²) in [6.07, 6.45) is 4.49. The first-order valence-electron chi connectivity index (χ1n) is 8.64. The standard InChI is InChI=1S/C18H21N5O2/c1-10-7-21-18(25)16(10)22-17(24)13-5-12-8-20-15(6-14(12)19-9-13)23-4-3-11(23)2/h5-6,8-11,16H,3-4,7H2,1-2H3,(H,21,25)(H,22,24)/t10-,11+,16+/m1/s1. The van der Waals surface area contributed by atoms with E-state index in [4.69, 9.17) is 0 Å². The Morgan fingerprint density at radius 2 is 2.12 bits per heavy atom. The Hall–Kier alpha value is -2.70. The van der Waals surface area contributed by atoms with E-state index in [0.717, 1.165) is 23.3 Å². The van der Waals surface area contributed by atoms with Crippen molar-refractivity contribution >= 4 is 28.5 Å². The lowest BCUT2D eigenvalue weighted by molar-refractivity contribution is -0.121. The molecule has 4 rings (SSSR count). The quantitative estimate of drug-likeness (QED) is 0.874. The van der Waals surface area contributed by atoms with Crippen LogP contribution in [-0.4, -0.2) is 47.0 Å². The molecular weight excluding hydrogens is 318 g/mol. The first-order valence-corrected chi connectivity index (χ1v) is 8.64. The van der Waals surface area contributed by atoms with Crippen LogP contribution >= 0.6 is 0 Å². The van der Waals surface area contributed by atoms with Gasteiger partial charge >= 0.3 is 0 Å². The molecule has 0 saturated carbocycles. The number of nitrogens with one attached hydrogen (secondary N) is 2. The number of carbonyl (C=O) groups is 2. The summed E-state index contributed by atoms with van der Waals surface area (Å²) in [5.41, 5.74) is 1.25. The van der Waals surface area contributed by atoms with Crippen LogP contribution in [0.4, 0.5) is 5.82 Å². The van der Waals surface area contributed by atoms with Crippen molar-refractivity contribution in [3.05, 3.63) is 30.1 Å². The van der Waals surface area contributed by atoms with Crippen molar-refractivity contribution in [1.82, 2.24) is 20.6 Å². The third-order valence-electron chi connectivity index (χ3n) is 5.16. The van der Waals surface area contributed by atoms with Crippen molar-refractivity contribution in [2.24, 2.45) is 5.92 Å². The highest BCUT2D eigenvalue weighted by molar-refractivity contribution is 6.00. The Morgan fingerprint density at radius 3 is 2.76 bits per heavy atom. The van der Waals surface area contributed by atoms with E-state index in [1.807, 2.05) is 13.0 Å². The molecule has 2 aliphatic heterocycles. The summed E-state index contributed by atoms with van der Waals surface area (Å²) in [4.78, 5) is 35.4. The van der Waals surface area contributed by atoms with Crippen molar-refractivity contribution < 1.29 is 9.59 Å². The largest absolute Gasteiger partial charge is 0.354 e. The van der Waals surface area contributed by atoms with E-state index in [2.05, 4.69) is 32.4 Å². The third kappa shape index (κ3) is 2.79. The fourth-order valence-electron chi connectivity index (χ4n) is 3.33. The van der Waals surface area contributed by atoms with E-state index in [-0.39, 0.29) is 17.7 Å². The normalized spacial score (nSPS) is 25.6. The molecule has 0 radical (unpaired) electrons. The number of hydrogen-bond acceptors (Lipinski definition) is 5. The predicted molar refractivity (Wildman–Crippen MR) is 94.4 cm³/mol. The summed E-state index contributed by atoms with van der Waals surface area (Å²) < 4.78 is 0. The van der Waals surface area contributed by atoms with Gasteiger partial charge in [-0.1, -0.05) is 6.92 Å². The number of anilines is 1. The second-order valence-corrected chi connectivity index (χ2v) is 6.96. The molecule has 0 spiro atoms. The van der Waals surface area contributed by atoms with Gasteiger partial charge in [-0.15, -0.1) is 0 Å². The average molecular weight is 339 g/mol. The molecule has 2 fully saturated rings. The van der Waals surface area contributed by atoms with E-state index in [9.17, 15) is 9.59 Å². The van der Waals surface area contributed by atoms with Gasteiger partial charge in [0.2, 0.25) is 5.91 Å². The van der Waals surface area contributed by atoms with Crippen molar-refractivity contribution in [3.8, 4) is 0 Å². The SMILES string of the molecule is C[C@@H]1CNC(=O)[C@H]1NC(=O)c1cnc2cc(N3CC[C@@H]3C)ncc2c1. The van der Waals surface area contributed by atoms with Crippen molar-refractivity contribution in [2.75, 3.05) is 18.0 Å². The van der Waals surface area contributed by atoms with Crippen molar-refractivity contribution in [1.29, 1.82) is 0 Å². The molecule has 2 aliphatic rings. The molecule has 7 nitrogen and oxygen atoms in total. The van der Waals surface area contributed by atoms with Crippen LogP contribution < -0.4 is 15.5 Å². The zero-order chi connectivity index (χ0) is 17.6. The lowest BCUT2D eigenvalue weighted by atomic mass is 10.0. The van der Waals surface area contributed by atoms with Gasteiger partial charge in [0.05, 0.1) is 11.1 Å². The molecular formula is C18H21N5O2. The van der Waals surface area contributed by atoms with Crippen LogP contribution in [0.1, 0.15) is 30.6 Å². The fraction of sp³-hybridized carbons (Fsp3) is 0.444. The zero-order valence-electron chi connectivity index (χ0n) is 14.3. The number of amides is 2. The van der Waals surface area contributed by atoms with Gasteiger partial charge in [-0.3, -0.25) is 14.6 Å².